The Morgan fingerprint density at radius 1 is 1.50 bits per heavy atom. The van der Waals surface area contributed by atoms with Crippen LogP contribution >= 0.6 is 11.6 Å². The fraction of sp³-hybridized carbons (Fsp3) is 0.417. The maximum Gasteiger partial charge on any atom is 0.321 e. The normalized spacial score (nSPS) is 10.2. The van der Waals surface area contributed by atoms with E-state index in [4.69, 9.17) is 21.4 Å². The highest BCUT2D eigenvalue weighted by atomic mass is 35.5. The molecule has 0 atom stereocenters. The Morgan fingerprint density at radius 2 is 2.28 bits per heavy atom. The molecule has 0 saturated carbocycles. The molecule has 0 radical (unpaired) electrons. The minimum atomic E-state index is -0.232. The van der Waals surface area contributed by atoms with Gasteiger partial charge < -0.3 is 20.1 Å². The van der Waals surface area contributed by atoms with E-state index in [1.54, 1.807) is 31.3 Å². The van der Waals surface area contributed by atoms with E-state index in [9.17, 15) is 4.79 Å². The van der Waals surface area contributed by atoms with Gasteiger partial charge in [-0.05, 0) is 18.2 Å². The molecule has 2 N–H and O–H groups in total. The molecule has 0 heterocycles. The Bertz CT molecular complexity index is 387. The van der Waals surface area contributed by atoms with Crippen LogP contribution in [-0.2, 0) is 4.74 Å². The van der Waals surface area contributed by atoms with Crippen LogP contribution in [0.15, 0.2) is 24.3 Å². The minimum absolute atomic E-state index is 0.0155. The summed E-state index contributed by atoms with van der Waals surface area (Å²) < 4.78 is 5.08. The lowest BCUT2D eigenvalue weighted by atomic mass is 10.3. The SMILES string of the molecule is CN(CCOCCO)C(=O)Nc1cccc(Cl)c1. The van der Waals surface area contributed by atoms with Gasteiger partial charge in [-0.25, -0.2) is 4.79 Å². The number of carbonyl (C=O) groups excluding carboxylic acids is 1. The van der Waals surface area contributed by atoms with Crippen LogP contribution in [0.4, 0.5) is 10.5 Å². The molecule has 0 fully saturated rings. The van der Waals surface area contributed by atoms with Gasteiger partial charge in [-0.2, -0.15) is 0 Å². The van der Waals surface area contributed by atoms with Gasteiger partial charge in [-0.1, -0.05) is 17.7 Å². The van der Waals surface area contributed by atoms with Gasteiger partial charge in [0.2, 0.25) is 0 Å². The number of aliphatic hydroxyl groups excluding tert-OH is 1. The highest BCUT2D eigenvalue weighted by Crippen LogP contribution is 2.15. The second-order valence-electron chi connectivity index (χ2n) is 3.70. The number of nitrogens with one attached hydrogen (secondary N) is 1. The van der Waals surface area contributed by atoms with Crippen LogP contribution in [0.1, 0.15) is 0 Å². The third-order valence-corrected chi connectivity index (χ3v) is 2.46. The molecular formula is C12H17ClN2O3. The molecule has 0 saturated heterocycles. The number of urea groups is 1. The molecule has 0 bridgehead atoms. The highest BCUT2D eigenvalue weighted by Gasteiger charge is 2.08. The Kier molecular flexibility index (Phi) is 6.49. The highest BCUT2D eigenvalue weighted by molar-refractivity contribution is 6.30. The molecule has 0 aliphatic heterocycles. The van der Waals surface area contributed by atoms with Crippen molar-refractivity contribution < 1.29 is 14.6 Å². The van der Waals surface area contributed by atoms with Crippen LogP contribution < -0.4 is 5.32 Å². The lowest BCUT2D eigenvalue weighted by Crippen LogP contribution is -2.34. The number of hydrogen-bond donors (Lipinski definition) is 2. The van der Waals surface area contributed by atoms with E-state index in [0.29, 0.717) is 23.9 Å². The maximum absolute atomic E-state index is 11.8. The standard InChI is InChI=1S/C12H17ClN2O3/c1-15(5-7-18-8-6-16)12(17)14-11-4-2-3-10(13)9-11/h2-4,9,16H,5-8H2,1H3,(H,14,17). The molecule has 0 spiro atoms. The van der Waals surface area contributed by atoms with Crippen molar-refractivity contribution in [2.75, 3.05) is 38.7 Å². The molecule has 5 nitrogen and oxygen atoms in total. The van der Waals surface area contributed by atoms with Crippen LogP contribution in [0.2, 0.25) is 5.02 Å². The minimum Gasteiger partial charge on any atom is -0.394 e. The van der Waals surface area contributed by atoms with Gasteiger partial charge in [0.05, 0.1) is 19.8 Å². The third kappa shape index (κ3) is 5.35. The molecule has 1 rings (SSSR count). The summed E-state index contributed by atoms with van der Waals surface area (Å²) in [6, 6.07) is 6.71. The first-order valence-corrected chi connectivity index (χ1v) is 5.97. The molecule has 100 valence electrons. The van der Waals surface area contributed by atoms with Crippen LogP contribution in [0, 0.1) is 0 Å². The Balaban J connectivity index is 2.35. The fourth-order valence-electron chi connectivity index (χ4n) is 1.25. The first-order chi connectivity index (χ1) is 8.63. The van der Waals surface area contributed by atoms with Crippen LogP contribution in [-0.4, -0.2) is 49.5 Å². The van der Waals surface area contributed by atoms with E-state index in [-0.39, 0.29) is 19.2 Å². The lowest BCUT2D eigenvalue weighted by molar-refractivity contribution is 0.0833. The van der Waals surface area contributed by atoms with Gasteiger partial charge >= 0.3 is 6.03 Å². The zero-order valence-electron chi connectivity index (χ0n) is 10.2. The van der Waals surface area contributed by atoms with E-state index < -0.39 is 0 Å². The quantitative estimate of drug-likeness (QED) is 0.777. The molecule has 1 aromatic carbocycles. The van der Waals surface area contributed by atoms with Gasteiger partial charge in [0.1, 0.15) is 0 Å². The molecule has 0 aromatic heterocycles. The zero-order valence-corrected chi connectivity index (χ0v) is 11.0. The van der Waals surface area contributed by atoms with E-state index in [2.05, 4.69) is 5.32 Å². The molecule has 18 heavy (non-hydrogen) atoms. The largest absolute Gasteiger partial charge is 0.394 e. The van der Waals surface area contributed by atoms with Crippen molar-refractivity contribution >= 4 is 23.3 Å². The summed E-state index contributed by atoms with van der Waals surface area (Å²) in [5.74, 6) is 0. The van der Waals surface area contributed by atoms with Crippen molar-refractivity contribution in [2.45, 2.75) is 0 Å². The number of amides is 2. The van der Waals surface area contributed by atoms with Crippen LogP contribution in [0.25, 0.3) is 0 Å². The smallest absolute Gasteiger partial charge is 0.321 e. The van der Waals surface area contributed by atoms with Gasteiger partial charge in [0.25, 0.3) is 0 Å². The average molecular weight is 273 g/mol. The number of anilines is 1. The summed E-state index contributed by atoms with van der Waals surface area (Å²) in [5, 5.41) is 11.8. The van der Waals surface area contributed by atoms with Gasteiger partial charge in [0, 0.05) is 24.3 Å². The number of halogens is 1. The van der Waals surface area contributed by atoms with E-state index in [1.165, 1.54) is 4.90 Å². The molecule has 1 aromatic rings. The molecular weight excluding hydrogens is 256 g/mol. The van der Waals surface area contributed by atoms with Crippen LogP contribution in [0.5, 0.6) is 0 Å². The second-order valence-corrected chi connectivity index (χ2v) is 4.13. The Labute approximate surface area is 111 Å². The molecule has 6 heteroatoms. The maximum atomic E-state index is 11.8. The second kappa shape index (κ2) is 7.92. The zero-order chi connectivity index (χ0) is 13.4. The fourth-order valence-corrected chi connectivity index (χ4v) is 1.45. The van der Waals surface area contributed by atoms with Crippen molar-refractivity contribution in [2.24, 2.45) is 0 Å². The van der Waals surface area contributed by atoms with Crippen molar-refractivity contribution in [3.63, 3.8) is 0 Å². The number of likely N-dealkylation sites (N-methyl/N-ethyl adjacent to an activating group) is 1. The molecule has 0 aliphatic carbocycles. The molecule has 0 unspecified atom stereocenters. The third-order valence-electron chi connectivity index (χ3n) is 2.23. The number of ether oxygens (including phenoxy) is 1. The van der Waals surface area contributed by atoms with Crippen LogP contribution in [0.3, 0.4) is 0 Å². The van der Waals surface area contributed by atoms with Crippen molar-refractivity contribution in [3.05, 3.63) is 29.3 Å². The summed E-state index contributed by atoms with van der Waals surface area (Å²) in [5.41, 5.74) is 0.649. The van der Waals surface area contributed by atoms with E-state index >= 15 is 0 Å². The first-order valence-electron chi connectivity index (χ1n) is 5.60. The number of hydrogen-bond acceptors (Lipinski definition) is 3. The summed E-state index contributed by atoms with van der Waals surface area (Å²) in [6.07, 6.45) is 0. The van der Waals surface area contributed by atoms with Gasteiger partial charge in [-0.3, -0.25) is 0 Å². The number of benzene rings is 1. The lowest BCUT2D eigenvalue weighted by Gasteiger charge is -2.17. The Morgan fingerprint density at radius 3 is 2.94 bits per heavy atom. The molecule has 2 amide bonds. The summed E-state index contributed by atoms with van der Waals surface area (Å²) >= 11 is 5.82. The van der Waals surface area contributed by atoms with E-state index in [0.717, 1.165) is 0 Å². The summed E-state index contributed by atoms with van der Waals surface area (Å²) in [7, 11) is 1.67. The number of rotatable bonds is 6. The number of aliphatic hydroxyl groups is 1. The summed E-state index contributed by atoms with van der Waals surface area (Å²) in [6.45, 7) is 1.11. The van der Waals surface area contributed by atoms with E-state index in [1.807, 2.05) is 0 Å². The first kappa shape index (κ1) is 14.8. The van der Waals surface area contributed by atoms with Crippen molar-refractivity contribution in [3.8, 4) is 0 Å². The molecule has 0 aliphatic rings. The summed E-state index contributed by atoms with van der Waals surface area (Å²) in [4.78, 5) is 13.3. The predicted molar refractivity (Wildman–Crippen MR) is 71.0 cm³/mol. The Hall–Kier alpha value is -1.30. The topological polar surface area (TPSA) is 61.8 Å². The van der Waals surface area contributed by atoms with Gasteiger partial charge in [0.15, 0.2) is 0 Å². The number of nitrogens with zero attached hydrogens (tertiary/aromatic N) is 1. The van der Waals surface area contributed by atoms with Crippen molar-refractivity contribution in [1.82, 2.24) is 4.90 Å². The average Bonchev–Trinajstić information content (AvgIpc) is 2.34. The monoisotopic (exact) mass is 272 g/mol. The van der Waals surface area contributed by atoms with Gasteiger partial charge in [-0.15, -0.1) is 0 Å². The predicted octanol–water partition coefficient (Wildman–Crippen LogP) is 1.81. The van der Waals surface area contributed by atoms with Crippen molar-refractivity contribution in [1.29, 1.82) is 0 Å². The number of carbonyl (C=O) groups is 1.